The van der Waals surface area contributed by atoms with Crippen molar-refractivity contribution in [1.82, 2.24) is 9.97 Å². The quantitative estimate of drug-likeness (QED) is 0.535. The van der Waals surface area contributed by atoms with Gasteiger partial charge in [0.05, 0.1) is 0 Å². The highest BCUT2D eigenvalue weighted by molar-refractivity contribution is 7.98. The molecule has 2 heterocycles. The van der Waals surface area contributed by atoms with Crippen molar-refractivity contribution in [3.8, 4) is 0 Å². The highest BCUT2D eigenvalue weighted by Gasteiger charge is 2.13. The van der Waals surface area contributed by atoms with E-state index in [4.69, 9.17) is 8.83 Å². The molecule has 0 radical (unpaired) electrons. The van der Waals surface area contributed by atoms with Gasteiger partial charge in [-0.1, -0.05) is 12.1 Å². The van der Waals surface area contributed by atoms with Gasteiger partial charge in [0.2, 0.25) is 0 Å². The second kappa shape index (κ2) is 4.63. The van der Waals surface area contributed by atoms with Crippen LogP contribution < -0.4 is 0 Å². The largest absolute Gasteiger partial charge is 0.431 e. The number of fused-ring (bicyclic) bond motifs is 2. The summed E-state index contributed by atoms with van der Waals surface area (Å²) in [6, 6.07) is 11.9. The van der Waals surface area contributed by atoms with Crippen molar-refractivity contribution < 1.29 is 8.83 Å². The molecule has 0 bridgehead atoms. The molecule has 0 saturated carbocycles. The minimum Gasteiger partial charge on any atom is -0.431 e. The first-order valence-electron chi connectivity index (χ1n) is 6.60. The molecule has 0 atom stereocenters. The molecular formula is C16H12N2O2S. The Kier molecular flexibility index (Phi) is 2.75. The van der Waals surface area contributed by atoms with Gasteiger partial charge < -0.3 is 8.83 Å². The van der Waals surface area contributed by atoms with Crippen LogP contribution in [0.5, 0.6) is 0 Å². The zero-order chi connectivity index (χ0) is 14.4. The van der Waals surface area contributed by atoms with Gasteiger partial charge in [-0.05, 0) is 49.2 Å². The highest BCUT2D eigenvalue weighted by Crippen LogP contribution is 2.31. The summed E-state index contributed by atoms with van der Waals surface area (Å²) in [4.78, 5) is 8.87. The van der Waals surface area contributed by atoms with Crippen molar-refractivity contribution in [1.29, 1.82) is 0 Å². The fraction of sp³-hybridized carbons (Fsp3) is 0.125. The van der Waals surface area contributed by atoms with Crippen LogP contribution in [-0.2, 0) is 0 Å². The minimum atomic E-state index is 0.541. The third-order valence-corrected chi connectivity index (χ3v) is 3.92. The van der Waals surface area contributed by atoms with Gasteiger partial charge in [-0.15, -0.1) is 0 Å². The summed E-state index contributed by atoms with van der Waals surface area (Å²) < 4.78 is 11.4. The third-order valence-electron chi connectivity index (χ3n) is 3.22. The maximum Gasteiger partial charge on any atom is 0.266 e. The predicted molar refractivity (Wildman–Crippen MR) is 81.6 cm³/mol. The summed E-state index contributed by atoms with van der Waals surface area (Å²) in [7, 11) is 0. The average molecular weight is 296 g/mol. The summed E-state index contributed by atoms with van der Waals surface area (Å²) in [6.45, 7) is 4.05. The molecule has 2 aromatic heterocycles. The fourth-order valence-corrected chi connectivity index (χ4v) is 2.88. The topological polar surface area (TPSA) is 52.1 Å². The van der Waals surface area contributed by atoms with E-state index in [2.05, 4.69) is 9.97 Å². The van der Waals surface area contributed by atoms with Gasteiger partial charge in [-0.3, -0.25) is 0 Å². The molecule has 0 N–H and O–H groups in total. The van der Waals surface area contributed by atoms with Gasteiger partial charge >= 0.3 is 0 Å². The predicted octanol–water partition coefficient (Wildman–Crippen LogP) is 4.74. The number of oxazole rings is 2. The molecule has 104 valence electrons. The van der Waals surface area contributed by atoms with Crippen molar-refractivity contribution >= 4 is 34.0 Å². The molecule has 21 heavy (non-hydrogen) atoms. The number of hydrogen-bond donors (Lipinski definition) is 0. The minimum absolute atomic E-state index is 0.541. The van der Waals surface area contributed by atoms with E-state index in [-0.39, 0.29) is 0 Å². The van der Waals surface area contributed by atoms with E-state index in [0.717, 1.165) is 33.3 Å². The Bertz CT molecular complexity index is 877. The van der Waals surface area contributed by atoms with E-state index in [9.17, 15) is 0 Å². The lowest BCUT2D eigenvalue weighted by Gasteiger charge is -1.88. The summed E-state index contributed by atoms with van der Waals surface area (Å²) in [5.74, 6) is 0. The van der Waals surface area contributed by atoms with Crippen LogP contribution >= 0.6 is 11.8 Å². The molecule has 0 aliphatic carbocycles. The molecular weight excluding hydrogens is 284 g/mol. The van der Waals surface area contributed by atoms with Crippen LogP contribution in [0, 0.1) is 13.8 Å². The van der Waals surface area contributed by atoms with Crippen LogP contribution in [-0.4, -0.2) is 9.97 Å². The lowest BCUT2D eigenvalue weighted by Crippen LogP contribution is -1.73. The Labute approximate surface area is 125 Å². The van der Waals surface area contributed by atoms with Crippen LogP contribution in [0.25, 0.3) is 22.2 Å². The molecule has 4 nitrogen and oxygen atoms in total. The number of aromatic nitrogens is 2. The molecule has 0 saturated heterocycles. The van der Waals surface area contributed by atoms with Crippen LogP contribution in [0.3, 0.4) is 0 Å². The number of rotatable bonds is 2. The standard InChI is InChI=1S/C16H12N2O2S/c1-9-3-5-11-13(7-9)19-15(17-11)21-16-18-12-6-4-10(2)8-14(12)20-16/h3-8H,1-2H3. The van der Waals surface area contributed by atoms with E-state index in [1.807, 2.05) is 50.2 Å². The molecule has 4 aromatic rings. The van der Waals surface area contributed by atoms with Crippen molar-refractivity contribution in [2.24, 2.45) is 0 Å². The Morgan fingerprint density at radius 1 is 0.762 bits per heavy atom. The summed E-state index contributed by atoms with van der Waals surface area (Å²) in [5, 5.41) is 1.08. The van der Waals surface area contributed by atoms with Gasteiger partial charge in [-0.25, -0.2) is 9.97 Å². The lowest BCUT2D eigenvalue weighted by atomic mass is 10.2. The normalized spacial score (nSPS) is 11.5. The summed E-state index contributed by atoms with van der Waals surface area (Å²) >= 11 is 1.30. The smallest absolute Gasteiger partial charge is 0.266 e. The first kappa shape index (κ1) is 12.5. The van der Waals surface area contributed by atoms with Crippen LogP contribution in [0.1, 0.15) is 11.1 Å². The molecule has 0 fully saturated rings. The first-order chi connectivity index (χ1) is 10.2. The Balaban J connectivity index is 1.71. The van der Waals surface area contributed by atoms with Crippen molar-refractivity contribution in [2.45, 2.75) is 24.3 Å². The zero-order valence-electron chi connectivity index (χ0n) is 11.6. The van der Waals surface area contributed by atoms with Crippen molar-refractivity contribution in [3.05, 3.63) is 47.5 Å². The molecule has 2 aromatic carbocycles. The number of hydrogen-bond acceptors (Lipinski definition) is 5. The third kappa shape index (κ3) is 2.29. The second-order valence-corrected chi connectivity index (χ2v) is 5.91. The van der Waals surface area contributed by atoms with E-state index in [0.29, 0.717) is 10.4 Å². The van der Waals surface area contributed by atoms with Crippen molar-refractivity contribution in [2.75, 3.05) is 0 Å². The van der Waals surface area contributed by atoms with E-state index in [1.54, 1.807) is 0 Å². The van der Waals surface area contributed by atoms with E-state index >= 15 is 0 Å². The second-order valence-electron chi connectivity index (χ2n) is 5.00. The molecule has 0 unspecified atom stereocenters. The SMILES string of the molecule is Cc1ccc2nc(Sc3nc4ccc(C)cc4o3)oc2c1. The van der Waals surface area contributed by atoms with Gasteiger partial charge in [-0.2, -0.15) is 0 Å². The van der Waals surface area contributed by atoms with E-state index in [1.165, 1.54) is 11.8 Å². The lowest BCUT2D eigenvalue weighted by molar-refractivity contribution is 0.465. The average Bonchev–Trinajstić information content (AvgIpc) is 3.00. The molecule has 5 heteroatoms. The van der Waals surface area contributed by atoms with Crippen LogP contribution in [0.2, 0.25) is 0 Å². The maximum atomic E-state index is 5.72. The van der Waals surface area contributed by atoms with Crippen LogP contribution in [0.4, 0.5) is 0 Å². The number of aryl methyl sites for hydroxylation is 2. The van der Waals surface area contributed by atoms with Crippen LogP contribution in [0.15, 0.2) is 55.7 Å². The molecule has 0 aliphatic rings. The Morgan fingerprint density at radius 3 is 1.71 bits per heavy atom. The molecule has 4 rings (SSSR count). The molecule has 0 aliphatic heterocycles. The van der Waals surface area contributed by atoms with E-state index < -0.39 is 0 Å². The Hall–Kier alpha value is -2.27. The van der Waals surface area contributed by atoms with Gasteiger partial charge in [0.15, 0.2) is 11.2 Å². The maximum absolute atomic E-state index is 5.72. The van der Waals surface area contributed by atoms with Gasteiger partial charge in [0.25, 0.3) is 10.4 Å². The monoisotopic (exact) mass is 296 g/mol. The van der Waals surface area contributed by atoms with Gasteiger partial charge in [0.1, 0.15) is 11.0 Å². The molecule has 0 amide bonds. The Morgan fingerprint density at radius 2 is 1.24 bits per heavy atom. The number of nitrogens with zero attached hydrogens (tertiary/aromatic N) is 2. The highest BCUT2D eigenvalue weighted by atomic mass is 32.2. The van der Waals surface area contributed by atoms with Crippen molar-refractivity contribution in [3.63, 3.8) is 0 Å². The summed E-state index contributed by atoms with van der Waals surface area (Å²) in [6.07, 6.45) is 0. The first-order valence-corrected chi connectivity index (χ1v) is 7.41. The summed E-state index contributed by atoms with van der Waals surface area (Å²) in [5.41, 5.74) is 5.54. The van der Waals surface area contributed by atoms with Gasteiger partial charge in [0, 0.05) is 11.8 Å². The fourth-order valence-electron chi connectivity index (χ4n) is 2.18. The molecule has 0 spiro atoms. The zero-order valence-corrected chi connectivity index (χ0v) is 12.4. The number of benzene rings is 2.